The molecule has 0 aliphatic heterocycles. The number of esters is 1. The van der Waals surface area contributed by atoms with E-state index < -0.39 is 11.9 Å². The minimum absolute atomic E-state index is 0.196. The normalized spacial score (nSPS) is 10.8. The number of carbonyl (C=O) groups is 2. The SMILES string of the molecule is COC(=O)c1ccc(NC(=O)Cn2cnc3c(-c4ccc(C)cc4)nsc3c2=O)cc1. The van der Waals surface area contributed by atoms with Crippen LogP contribution in [-0.4, -0.2) is 32.9 Å². The van der Waals surface area contributed by atoms with Gasteiger partial charge in [0.15, 0.2) is 0 Å². The predicted molar refractivity (Wildman–Crippen MR) is 118 cm³/mol. The molecule has 0 spiro atoms. The standard InChI is InChI=1S/C22H18N4O4S/c1-13-3-5-14(6-4-13)18-19-20(31-25-18)21(28)26(12-23-19)11-17(27)24-16-9-7-15(8-10-16)22(29)30-2/h3-10,12H,11H2,1-2H3,(H,24,27). The topological polar surface area (TPSA) is 103 Å². The van der Waals surface area contributed by atoms with Crippen LogP contribution in [0.3, 0.4) is 0 Å². The van der Waals surface area contributed by atoms with Crippen molar-refractivity contribution in [2.24, 2.45) is 0 Å². The summed E-state index contributed by atoms with van der Waals surface area (Å²) in [6.45, 7) is 1.80. The number of amides is 1. The van der Waals surface area contributed by atoms with Crippen molar-refractivity contribution >= 4 is 39.3 Å². The molecule has 8 nitrogen and oxygen atoms in total. The summed E-state index contributed by atoms with van der Waals surface area (Å²) in [5.74, 6) is -0.851. The summed E-state index contributed by atoms with van der Waals surface area (Å²) in [6.07, 6.45) is 1.36. The highest BCUT2D eigenvalue weighted by molar-refractivity contribution is 7.13. The fourth-order valence-corrected chi connectivity index (χ4v) is 3.84. The number of methoxy groups -OCH3 is 1. The Labute approximate surface area is 181 Å². The molecule has 0 radical (unpaired) electrons. The third-order valence-electron chi connectivity index (χ3n) is 4.68. The Balaban J connectivity index is 1.53. The van der Waals surface area contributed by atoms with Crippen LogP contribution >= 0.6 is 11.5 Å². The minimum atomic E-state index is -0.460. The number of hydrogen-bond acceptors (Lipinski definition) is 7. The number of aromatic nitrogens is 3. The van der Waals surface area contributed by atoms with E-state index in [0.717, 1.165) is 22.7 Å². The van der Waals surface area contributed by atoms with Crippen molar-refractivity contribution in [3.05, 3.63) is 76.3 Å². The first kappa shape index (κ1) is 20.4. The summed E-state index contributed by atoms with van der Waals surface area (Å²) in [7, 11) is 1.30. The van der Waals surface area contributed by atoms with Crippen LogP contribution in [0.25, 0.3) is 21.5 Å². The highest BCUT2D eigenvalue weighted by atomic mass is 32.1. The van der Waals surface area contributed by atoms with Crippen molar-refractivity contribution in [3.8, 4) is 11.3 Å². The Morgan fingerprint density at radius 2 is 1.81 bits per heavy atom. The second-order valence-corrected chi connectivity index (χ2v) is 7.64. The van der Waals surface area contributed by atoms with Gasteiger partial charge in [0, 0.05) is 11.3 Å². The van der Waals surface area contributed by atoms with Crippen LogP contribution < -0.4 is 10.9 Å². The van der Waals surface area contributed by atoms with Gasteiger partial charge in [-0.1, -0.05) is 29.8 Å². The molecule has 0 atom stereocenters. The number of aryl methyl sites for hydroxylation is 1. The van der Waals surface area contributed by atoms with Crippen LogP contribution in [0.2, 0.25) is 0 Å². The van der Waals surface area contributed by atoms with Crippen molar-refractivity contribution in [1.82, 2.24) is 13.9 Å². The Bertz CT molecular complexity index is 1320. The summed E-state index contributed by atoms with van der Waals surface area (Å²) in [5, 5.41) is 2.70. The molecule has 0 bridgehead atoms. The third-order valence-corrected chi connectivity index (χ3v) is 5.50. The number of anilines is 1. The molecule has 0 aliphatic rings. The largest absolute Gasteiger partial charge is 0.465 e. The number of benzene rings is 2. The van der Waals surface area contributed by atoms with Gasteiger partial charge in [0.05, 0.1) is 19.0 Å². The van der Waals surface area contributed by atoms with Crippen molar-refractivity contribution < 1.29 is 14.3 Å². The first-order valence-electron chi connectivity index (χ1n) is 9.36. The Hall–Kier alpha value is -3.85. The number of ether oxygens (including phenoxy) is 1. The quantitative estimate of drug-likeness (QED) is 0.484. The average Bonchev–Trinajstić information content (AvgIpc) is 3.21. The van der Waals surface area contributed by atoms with Gasteiger partial charge in [0.1, 0.15) is 22.5 Å². The molecule has 0 saturated heterocycles. The Morgan fingerprint density at radius 3 is 2.48 bits per heavy atom. The molecule has 0 unspecified atom stereocenters. The maximum Gasteiger partial charge on any atom is 0.337 e. The molecular weight excluding hydrogens is 416 g/mol. The number of nitrogens with zero attached hydrogens (tertiary/aromatic N) is 3. The molecule has 4 rings (SSSR count). The lowest BCUT2D eigenvalue weighted by atomic mass is 10.1. The second-order valence-electron chi connectivity index (χ2n) is 6.87. The molecular formula is C22H18N4O4S. The molecule has 156 valence electrons. The zero-order valence-corrected chi connectivity index (χ0v) is 17.6. The van der Waals surface area contributed by atoms with E-state index >= 15 is 0 Å². The van der Waals surface area contributed by atoms with E-state index in [1.165, 1.54) is 18.0 Å². The molecule has 1 N–H and O–H groups in total. The summed E-state index contributed by atoms with van der Waals surface area (Å²) in [4.78, 5) is 41.1. The monoisotopic (exact) mass is 434 g/mol. The number of fused-ring (bicyclic) bond motifs is 1. The van der Waals surface area contributed by atoms with Crippen LogP contribution in [0.5, 0.6) is 0 Å². The van der Waals surface area contributed by atoms with Crippen LogP contribution in [0, 0.1) is 6.92 Å². The van der Waals surface area contributed by atoms with Gasteiger partial charge in [-0.25, -0.2) is 9.78 Å². The molecule has 31 heavy (non-hydrogen) atoms. The van der Waals surface area contributed by atoms with E-state index in [9.17, 15) is 14.4 Å². The lowest BCUT2D eigenvalue weighted by Gasteiger charge is -2.08. The summed E-state index contributed by atoms with van der Waals surface area (Å²) < 4.78 is 10.7. The van der Waals surface area contributed by atoms with Gasteiger partial charge in [-0.15, -0.1) is 0 Å². The first-order chi connectivity index (χ1) is 15.0. The van der Waals surface area contributed by atoms with Gasteiger partial charge in [0.2, 0.25) is 5.91 Å². The zero-order chi connectivity index (χ0) is 22.0. The predicted octanol–water partition coefficient (Wildman–Crippen LogP) is 3.25. The van der Waals surface area contributed by atoms with E-state index in [1.807, 2.05) is 31.2 Å². The van der Waals surface area contributed by atoms with Crippen molar-refractivity contribution in [3.63, 3.8) is 0 Å². The van der Waals surface area contributed by atoms with Gasteiger partial charge in [0.25, 0.3) is 5.56 Å². The maximum atomic E-state index is 12.8. The molecule has 4 aromatic rings. The van der Waals surface area contributed by atoms with Gasteiger partial charge in [-0.05, 0) is 42.7 Å². The number of rotatable bonds is 5. The lowest BCUT2D eigenvalue weighted by molar-refractivity contribution is -0.116. The summed E-state index contributed by atoms with van der Waals surface area (Å²) in [6, 6.07) is 14.1. The van der Waals surface area contributed by atoms with E-state index in [1.54, 1.807) is 24.3 Å². The molecule has 0 fully saturated rings. The lowest BCUT2D eigenvalue weighted by Crippen LogP contribution is -2.27. The molecule has 9 heteroatoms. The third kappa shape index (κ3) is 4.22. The molecule has 2 heterocycles. The van der Waals surface area contributed by atoms with Crippen LogP contribution in [-0.2, 0) is 16.1 Å². The highest BCUT2D eigenvalue weighted by Gasteiger charge is 2.16. The summed E-state index contributed by atoms with van der Waals surface area (Å²) in [5.41, 5.74) is 3.74. The van der Waals surface area contributed by atoms with Gasteiger partial charge >= 0.3 is 5.97 Å². The molecule has 2 aromatic carbocycles. The van der Waals surface area contributed by atoms with Crippen molar-refractivity contribution in [2.75, 3.05) is 12.4 Å². The number of nitrogens with one attached hydrogen (secondary N) is 1. The maximum absolute atomic E-state index is 12.8. The van der Waals surface area contributed by atoms with Crippen molar-refractivity contribution in [1.29, 1.82) is 0 Å². The minimum Gasteiger partial charge on any atom is -0.465 e. The molecule has 2 aromatic heterocycles. The Morgan fingerprint density at radius 1 is 1.10 bits per heavy atom. The average molecular weight is 434 g/mol. The molecule has 0 saturated carbocycles. The molecule has 0 aliphatic carbocycles. The fraction of sp³-hybridized carbons (Fsp3) is 0.136. The summed E-state index contributed by atoms with van der Waals surface area (Å²) >= 11 is 1.07. The first-order valence-corrected chi connectivity index (χ1v) is 10.1. The fourth-order valence-electron chi connectivity index (χ4n) is 3.03. The Kier molecular flexibility index (Phi) is 5.59. The van der Waals surface area contributed by atoms with E-state index in [4.69, 9.17) is 0 Å². The van der Waals surface area contributed by atoms with E-state index in [2.05, 4.69) is 19.4 Å². The van der Waals surface area contributed by atoms with Crippen LogP contribution in [0.4, 0.5) is 5.69 Å². The zero-order valence-electron chi connectivity index (χ0n) is 16.8. The van der Waals surface area contributed by atoms with Gasteiger partial charge < -0.3 is 10.1 Å². The highest BCUT2D eigenvalue weighted by Crippen LogP contribution is 2.27. The van der Waals surface area contributed by atoms with Crippen molar-refractivity contribution in [2.45, 2.75) is 13.5 Å². The smallest absolute Gasteiger partial charge is 0.337 e. The number of hydrogen-bond donors (Lipinski definition) is 1. The van der Waals surface area contributed by atoms with E-state index in [0.29, 0.717) is 27.2 Å². The van der Waals surface area contributed by atoms with Gasteiger partial charge in [-0.3, -0.25) is 14.2 Å². The molecule has 1 amide bonds. The van der Waals surface area contributed by atoms with Gasteiger partial charge in [-0.2, -0.15) is 4.37 Å². The second kappa shape index (κ2) is 8.49. The van der Waals surface area contributed by atoms with Crippen LogP contribution in [0.1, 0.15) is 15.9 Å². The van der Waals surface area contributed by atoms with Crippen LogP contribution in [0.15, 0.2) is 59.7 Å². The number of carbonyl (C=O) groups excluding carboxylic acids is 2. The van der Waals surface area contributed by atoms with E-state index in [-0.39, 0.29) is 12.1 Å².